The lowest BCUT2D eigenvalue weighted by atomic mass is 9.92. The minimum Gasteiger partial charge on any atom is -0.294 e. The average molecular weight is 242 g/mol. The van der Waals surface area contributed by atoms with Crippen LogP contribution in [0.15, 0.2) is 30.4 Å². The molecule has 0 aliphatic heterocycles. The van der Waals surface area contributed by atoms with Gasteiger partial charge in [0.05, 0.1) is 0 Å². The smallest absolute Gasteiger partial charge is 0.166 e. The van der Waals surface area contributed by atoms with Crippen LogP contribution in [0, 0.1) is 19.8 Å². The molecule has 0 atom stereocenters. The van der Waals surface area contributed by atoms with Gasteiger partial charge in [0.1, 0.15) is 0 Å². The standard InChI is InChI=1S/C17H22O/c1-12-8-9-16(10-13(12)2)17(18)11-14(3)15-6-4-5-7-15/h8-10,15H,3-7,11H2,1-2H3. The zero-order valence-electron chi connectivity index (χ0n) is 11.5. The van der Waals surface area contributed by atoms with Crippen LogP contribution in [0.4, 0.5) is 0 Å². The summed E-state index contributed by atoms with van der Waals surface area (Å²) in [6, 6.07) is 5.97. The maximum Gasteiger partial charge on any atom is 0.166 e. The van der Waals surface area contributed by atoms with Gasteiger partial charge in [-0.2, -0.15) is 0 Å². The molecule has 0 heterocycles. The van der Waals surface area contributed by atoms with E-state index in [1.807, 2.05) is 18.2 Å². The molecule has 0 spiro atoms. The largest absolute Gasteiger partial charge is 0.294 e. The molecule has 1 aromatic rings. The molecule has 0 saturated heterocycles. The molecule has 18 heavy (non-hydrogen) atoms. The minimum atomic E-state index is 0.218. The van der Waals surface area contributed by atoms with E-state index in [2.05, 4.69) is 20.4 Å². The molecule has 0 bridgehead atoms. The maximum absolute atomic E-state index is 12.2. The fourth-order valence-electron chi connectivity index (χ4n) is 2.70. The van der Waals surface area contributed by atoms with Crippen molar-refractivity contribution in [2.45, 2.75) is 46.0 Å². The number of allylic oxidation sites excluding steroid dienone is 1. The van der Waals surface area contributed by atoms with E-state index in [4.69, 9.17) is 0 Å². The normalized spacial score (nSPS) is 15.9. The van der Waals surface area contributed by atoms with Gasteiger partial charge in [-0.25, -0.2) is 0 Å². The van der Waals surface area contributed by atoms with Gasteiger partial charge in [0.25, 0.3) is 0 Å². The molecular weight excluding hydrogens is 220 g/mol. The Balaban J connectivity index is 2.02. The average Bonchev–Trinajstić information content (AvgIpc) is 2.86. The second-order valence-electron chi connectivity index (χ2n) is 5.54. The third kappa shape index (κ3) is 2.90. The van der Waals surface area contributed by atoms with Crippen LogP contribution in [0.2, 0.25) is 0 Å². The molecule has 1 heteroatoms. The van der Waals surface area contributed by atoms with Crippen molar-refractivity contribution in [3.63, 3.8) is 0 Å². The zero-order chi connectivity index (χ0) is 13.1. The van der Waals surface area contributed by atoms with E-state index >= 15 is 0 Å². The molecule has 1 saturated carbocycles. The SMILES string of the molecule is C=C(CC(=O)c1ccc(C)c(C)c1)C1CCCC1. The fourth-order valence-corrected chi connectivity index (χ4v) is 2.70. The van der Waals surface area contributed by atoms with Gasteiger partial charge in [-0.3, -0.25) is 4.79 Å². The number of hydrogen-bond acceptors (Lipinski definition) is 1. The van der Waals surface area contributed by atoms with Crippen molar-refractivity contribution >= 4 is 5.78 Å². The first-order chi connectivity index (χ1) is 8.58. The molecule has 96 valence electrons. The van der Waals surface area contributed by atoms with Crippen LogP contribution in [-0.2, 0) is 0 Å². The van der Waals surface area contributed by atoms with Gasteiger partial charge in [0, 0.05) is 12.0 Å². The zero-order valence-corrected chi connectivity index (χ0v) is 11.5. The van der Waals surface area contributed by atoms with Crippen LogP contribution in [0.1, 0.15) is 53.6 Å². The van der Waals surface area contributed by atoms with Gasteiger partial charge in [0.2, 0.25) is 0 Å². The third-order valence-electron chi connectivity index (χ3n) is 4.15. The second-order valence-corrected chi connectivity index (χ2v) is 5.54. The molecule has 0 aromatic heterocycles. The highest BCUT2D eigenvalue weighted by atomic mass is 16.1. The quantitative estimate of drug-likeness (QED) is 0.556. The highest BCUT2D eigenvalue weighted by Gasteiger charge is 2.20. The monoisotopic (exact) mass is 242 g/mol. The number of hydrogen-bond donors (Lipinski definition) is 0. The van der Waals surface area contributed by atoms with E-state index < -0.39 is 0 Å². The highest BCUT2D eigenvalue weighted by molar-refractivity contribution is 5.97. The Bertz CT molecular complexity index is 464. The third-order valence-corrected chi connectivity index (χ3v) is 4.15. The topological polar surface area (TPSA) is 17.1 Å². The summed E-state index contributed by atoms with van der Waals surface area (Å²) in [6.07, 6.45) is 5.55. The molecule has 0 N–H and O–H groups in total. The van der Waals surface area contributed by atoms with Crippen molar-refractivity contribution < 1.29 is 4.79 Å². The van der Waals surface area contributed by atoms with Gasteiger partial charge in [-0.1, -0.05) is 37.1 Å². The number of aryl methyl sites for hydroxylation is 2. The number of Topliss-reactive ketones (excluding diaryl/α,β-unsaturated/α-hetero) is 1. The first kappa shape index (κ1) is 13.1. The molecule has 1 aliphatic carbocycles. The Kier molecular flexibility index (Phi) is 4.00. The lowest BCUT2D eigenvalue weighted by Crippen LogP contribution is -2.06. The van der Waals surface area contributed by atoms with Crippen LogP contribution < -0.4 is 0 Å². The van der Waals surface area contributed by atoms with E-state index in [9.17, 15) is 4.79 Å². The number of carbonyl (C=O) groups is 1. The van der Waals surface area contributed by atoms with Gasteiger partial charge >= 0.3 is 0 Å². The number of carbonyl (C=O) groups excluding carboxylic acids is 1. The Morgan fingerprint density at radius 2 is 1.89 bits per heavy atom. The predicted molar refractivity (Wildman–Crippen MR) is 76.0 cm³/mol. The Hall–Kier alpha value is -1.37. The van der Waals surface area contributed by atoms with E-state index in [0.717, 1.165) is 11.1 Å². The van der Waals surface area contributed by atoms with Crippen molar-refractivity contribution in [2.24, 2.45) is 5.92 Å². The molecule has 1 aromatic carbocycles. The van der Waals surface area contributed by atoms with Crippen molar-refractivity contribution in [3.8, 4) is 0 Å². The fraction of sp³-hybridized carbons (Fsp3) is 0.471. The van der Waals surface area contributed by atoms with E-state index in [1.54, 1.807) is 0 Å². The van der Waals surface area contributed by atoms with Crippen LogP contribution in [-0.4, -0.2) is 5.78 Å². The van der Waals surface area contributed by atoms with Crippen molar-refractivity contribution in [1.29, 1.82) is 0 Å². The Morgan fingerprint density at radius 1 is 1.22 bits per heavy atom. The van der Waals surface area contributed by atoms with E-state index in [0.29, 0.717) is 12.3 Å². The van der Waals surface area contributed by atoms with Crippen molar-refractivity contribution in [2.75, 3.05) is 0 Å². The lowest BCUT2D eigenvalue weighted by molar-refractivity contribution is 0.0990. The number of benzene rings is 1. The lowest BCUT2D eigenvalue weighted by Gasteiger charge is -2.12. The molecule has 0 radical (unpaired) electrons. The predicted octanol–water partition coefficient (Wildman–Crippen LogP) is 4.62. The molecule has 0 unspecified atom stereocenters. The van der Waals surface area contributed by atoms with Crippen molar-refractivity contribution in [3.05, 3.63) is 47.0 Å². The first-order valence-electron chi connectivity index (χ1n) is 6.86. The molecular formula is C17H22O. The van der Waals surface area contributed by atoms with Crippen molar-refractivity contribution in [1.82, 2.24) is 0 Å². The molecule has 1 aliphatic rings. The number of rotatable bonds is 4. The molecule has 1 fully saturated rings. The minimum absolute atomic E-state index is 0.218. The second kappa shape index (κ2) is 5.51. The van der Waals surface area contributed by atoms with Crippen LogP contribution in [0.5, 0.6) is 0 Å². The summed E-state index contributed by atoms with van der Waals surface area (Å²) in [5.41, 5.74) is 4.39. The van der Waals surface area contributed by atoms with Gasteiger partial charge < -0.3 is 0 Å². The summed E-state index contributed by atoms with van der Waals surface area (Å²) in [5, 5.41) is 0. The Morgan fingerprint density at radius 3 is 2.50 bits per heavy atom. The van der Waals surface area contributed by atoms with Crippen LogP contribution >= 0.6 is 0 Å². The first-order valence-corrected chi connectivity index (χ1v) is 6.86. The van der Waals surface area contributed by atoms with Gasteiger partial charge in [-0.05, 0) is 49.8 Å². The summed E-state index contributed by atoms with van der Waals surface area (Å²) < 4.78 is 0. The summed E-state index contributed by atoms with van der Waals surface area (Å²) in [5.74, 6) is 0.801. The van der Waals surface area contributed by atoms with E-state index in [1.165, 1.54) is 36.8 Å². The van der Waals surface area contributed by atoms with Crippen LogP contribution in [0.3, 0.4) is 0 Å². The summed E-state index contributed by atoms with van der Waals surface area (Å²) in [4.78, 5) is 12.2. The number of ketones is 1. The summed E-state index contributed by atoms with van der Waals surface area (Å²) in [6.45, 7) is 8.25. The van der Waals surface area contributed by atoms with Gasteiger partial charge in [-0.15, -0.1) is 0 Å². The highest BCUT2D eigenvalue weighted by Crippen LogP contribution is 2.32. The van der Waals surface area contributed by atoms with E-state index in [-0.39, 0.29) is 5.78 Å². The van der Waals surface area contributed by atoms with Crippen LogP contribution in [0.25, 0.3) is 0 Å². The maximum atomic E-state index is 12.2. The summed E-state index contributed by atoms with van der Waals surface area (Å²) in [7, 11) is 0. The Labute approximate surface area is 110 Å². The molecule has 2 rings (SSSR count). The summed E-state index contributed by atoms with van der Waals surface area (Å²) >= 11 is 0. The molecule has 0 amide bonds. The van der Waals surface area contributed by atoms with Gasteiger partial charge in [0.15, 0.2) is 5.78 Å². The molecule has 1 nitrogen and oxygen atoms in total.